The molecule has 0 aliphatic rings. The van der Waals surface area contributed by atoms with Gasteiger partial charge in [0.2, 0.25) is 5.91 Å². The highest BCUT2D eigenvalue weighted by molar-refractivity contribution is 7.08. The van der Waals surface area contributed by atoms with Gasteiger partial charge in [0, 0.05) is 42.6 Å². The van der Waals surface area contributed by atoms with Crippen LogP contribution in [0.5, 0.6) is 0 Å². The molecule has 0 aliphatic carbocycles. The standard InChI is InChI=1S/C19H22FN3O3S/c1-13-4-5-14(11-16(13)20)18(25)23-9-8-21-17(24)3-2-7-22-19(26)15-6-10-27-12-15/h4-6,10-12H,2-3,7-9H2,1H3,(H,21,24)(H,22,26)(H,23,25). The first-order valence-corrected chi connectivity index (χ1v) is 9.53. The molecule has 0 unspecified atom stereocenters. The Morgan fingerprint density at radius 1 is 0.963 bits per heavy atom. The molecule has 0 spiro atoms. The highest BCUT2D eigenvalue weighted by Crippen LogP contribution is 2.09. The van der Waals surface area contributed by atoms with Gasteiger partial charge >= 0.3 is 0 Å². The van der Waals surface area contributed by atoms with Gasteiger partial charge in [0.25, 0.3) is 11.8 Å². The number of hydrogen-bond acceptors (Lipinski definition) is 4. The molecule has 2 rings (SSSR count). The molecule has 8 heteroatoms. The summed E-state index contributed by atoms with van der Waals surface area (Å²) in [6.07, 6.45) is 0.803. The zero-order valence-corrected chi connectivity index (χ0v) is 15.8. The molecule has 0 saturated heterocycles. The Balaban J connectivity index is 1.56. The Morgan fingerprint density at radius 3 is 2.37 bits per heavy atom. The minimum absolute atomic E-state index is 0.146. The van der Waals surface area contributed by atoms with Crippen LogP contribution in [0, 0.1) is 12.7 Å². The molecule has 27 heavy (non-hydrogen) atoms. The number of carbonyl (C=O) groups is 3. The van der Waals surface area contributed by atoms with Crippen LogP contribution in [0.4, 0.5) is 4.39 Å². The van der Waals surface area contributed by atoms with Crippen molar-refractivity contribution >= 4 is 29.1 Å². The number of nitrogens with one attached hydrogen (secondary N) is 3. The monoisotopic (exact) mass is 391 g/mol. The van der Waals surface area contributed by atoms with E-state index in [0.29, 0.717) is 24.1 Å². The summed E-state index contributed by atoms with van der Waals surface area (Å²) in [7, 11) is 0. The van der Waals surface area contributed by atoms with Crippen LogP contribution < -0.4 is 16.0 Å². The van der Waals surface area contributed by atoms with E-state index < -0.39 is 5.82 Å². The van der Waals surface area contributed by atoms with Gasteiger partial charge in [0.05, 0.1) is 0 Å². The largest absolute Gasteiger partial charge is 0.354 e. The van der Waals surface area contributed by atoms with E-state index in [2.05, 4.69) is 16.0 Å². The van der Waals surface area contributed by atoms with Gasteiger partial charge in [-0.05, 0) is 42.5 Å². The second-order valence-electron chi connectivity index (χ2n) is 5.94. The zero-order valence-electron chi connectivity index (χ0n) is 15.0. The van der Waals surface area contributed by atoms with Crippen LogP contribution in [-0.4, -0.2) is 37.4 Å². The van der Waals surface area contributed by atoms with Crippen molar-refractivity contribution < 1.29 is 18.8 Å². The van der Waals surface area contributed by atoms with Gasteiger partial charge < -0.3 is 16.0 Å². The van der Waals surface area contributed by atoms with Gasteiger partial charge in [0.1, 0.15) is 5.82 Å². The predicted octanol–water partition coefficient (Wildman–Crippen LogP) is 2.25. The first kappa shape index (κ1) is 20.6. The lowest BCUT2D eigenvalue weighted by Crippen LogP contribution is -2.35. The van der Waals surface area contributed by atoms with Crippen LogP contribution >= 0.6 is 11.3 Å². The van der Waals surface area contributed by atoms with Crippen LogP contribution in [0.1, 0.15) is 39.1 Å². The molecule has 6 nitrogen and oxygen atoms in total. The first-order valence-electron chi connectivity index (χ1n) is 8.59. The van der Waals surface area contributed by atoms with Crippen molar-refractivity contribution in [2.45, 2.75) is 19.8 Å². The molecule has 1 aromatic carbocycles. The van der Waals surface area contributed by atoms with E-state index in [1.165, 1.54) is 17.4 Å². The van der Waals surface area contributed by atoms with Gasteiger partial charge in [-0.3, -0.25) is 14.4 Å². The highest BCUT2D eigenvalue weighted by atomic mass is 32.1. The van der Waals surface area contributed by atoms with E-state index in [-0.39, 0.29) is 42.8 Å². The number of benzene rings is 1. The van der Waals surface area contributed by atoms with Gasteiger partial charge in [-0.25, -0.2) is 4.39 Å². The van der Waals surface area contributed by atoms with E-state index >= 15 is 0 Å². The molecule has 0 bridgehead atoms. The van der Waals surface area contributed by atoms with Crippen LogP contribution in [-0.2, 0) is 4.79 Å². The molecular weight excluding hydrogens is 369 g/mol. The molecule has 3 amide bonds. The first-order chi connectivity index (χ1) is 13.0. The number of thiophene rings is 1. The normalized spacial score (nSPS) is 10.3. The van der Waals surface area contributed by atoms with E-state index in [1.54, 1.807) is 30.5 Å². The van der Waals surface area contributed by atoms with Gasteiger partial charge in [-0.2, -0.15) is 11.3 Å². The second-order valence-corrected chi connectivity index (χ2v) is 6.72. The summed E-state index contributed by atoms with van der Waals surface area (Å²) >= 11 is 1.45. The van der Waals surface area contributed by atoms with Crippen LogP contribution in [0.15, 0.2) is 35.0 Å². The lowest BCUT2D eigenvalue weighted by Gasteiger charge is -2.08. The fourth-order valence-electron chi connectivity index (χ4n) is 2.25. The highest BCUT2D eigenvalue weighted by Gasteiger charge is 2.08. The Morgan fingerprint density at radius 2 is 1.67 bits per heavy atom. The summed E-state index contributed by atoms with van der Waals surface area (Å²) in [6.45, 7) is 2.56. The SMILES string of the molecule is Cc1ccc(C(=O)NCCNC(=O)CCCNC(=O)c2ccsc2)cc1F. The van der Waals surface area contributed by atoms with Crippen molar-refractivity contribution in [1.82, 2.24) is 16.0 Å². The Labute approximate surface area is 161 Å². The van der Waals surface area contributed by atoms with E-state index in [9.17, 15) is 18.8 Å². The molecule has 3 N–H and O–H groups in total. The van der Waals surface area contributed by atoms with Crippen LogP contribution in [0.2, 0.25) is 0 Å². The molecule has 0 aliphatic heterocycles. The summed E-state index contributed by atoms with van der Waals surface area (Å²) in [6, 6.07) is 6.03. The van der Waals surface area contributed by atoms with Gasteiger partial charge in [-0.15, -0.1) is 0 Å². The lowest BCUT2D eigenvalue weighted by atomic mass is 10.1. The quantitative estimate of drug-likeness (QED) is 0.573. The molecule has 1 heterocycles. The van der Waals surface area contributed by atoms with E-state index in [1.807, 2.05) is 5.38 Å². The Kier molecular flexibility index (Phi) is 7.94. The molecule has 0 fully saturated rings. The minimum Gasteiger partial charge on any atom is -0.354 e. The topological polar surface area (TPSA) is 87.3 Å². The lowest BCUT2D eigenvalue weighted by molar-refractivity contribution is -0.121. The molecule has 144 valence electrons. The van der Waals surface area contributed by atoms with Crippen molar-refractivity contribution in [1.29, 1.82) is 0 Å². The maximum Gasteiger partial charge on any atom is 0.252 e. The Bertz CT molecular complexity index is 794. The van der Waals surface area contributed by atoms with Gasteiger partial charge in [0.15, 0.2) is 0 Å². The van der Waals surface area contributed by atoms with E-state index in [4.69, 9.17) is 0 Å². The molecule has 0 saturated carbocycles. The smallest absolute Gasteiger partial charge is 0.252 e. The maximum absolute atomic E-state index is 13.4. The molecule has 2 aromatic rings. The summed E-state index contributed by atoms with van der Waals surface area (Å²) < 4.78 is 13.4. The molecule has 0 atom stereocenters. The maximum atomic E-state index is 13.4. The summed E-state index contributed by atoms with van der Waals surface area (Å²) in [5.41, 5.74) is 1.34. The summed E-state index contributed by atoms with van der Waals surface area (Å²) in [5.74, 6) is -1.12. The third-order valence-electron chi connectivity index (χ3n) is 3.82. The second kappa shape index (κ2) is 10.4. The number of hydrogen-bond donors (Lipinski definition) is 3. The van der Waals surface area contributed by atoms with Crippen molar-refractivity contribution in [2.24, 2.45) is 0 Å². The number of halogens is 1. The van der Waals surface area contributed by atoms with Crippen molar-refractivity contribution in [2.75, 3.05) is 19.6 Å². The van der Waals surface area contributed by atoms with Crippen LogP contribution in [0.25, 0.3) is 0 Å². The summed E-state index contributed by atoms with van der Waals surface area (Å²) in [5, 5.41) is 11.7. The third-order valence-corrected chi connectivity index (χ3v) is 4.50. The molecule has 1 aromatic heterocycles. The number of carbonyl (C=O) groups excluding carboxylic acids is 3. The number of amides is 3. The fraction of sp³-hybridized carbons (Fsp3) is 0.316. The van der Waals surface area contributed by atoms with Crippen LogP contribution in [0.3, 0.4) is 0 Å². The average Bonchev–Trinajstić information content (AvgIpc) is 3.19. The van der Waals surface area contributed by atoms with Crippen molar-refractivity contribution in [3.63, 3.8) is 0 Å². The number of rotatable bonds is 9. The van der Waals surface area contributed by atoms with Crippen molar-refractivity contribution in [3.8, 4) is 0 Å². The zero-order chi connectivity index (χ0) is 19.6. The molecule has 0 radical (unpaired) electrons. The van der Waals surface area contributed by atoms with Crippen molar-refractivity contribution in [3.05, 3.63) is 57.5 Å². The Hall–Kier alpha value is -2.74. The van der Waals surface area contributed by atoms with Gasteiger partial charge in [-0.1, -0.05) is 6.07 Å². The predicted molar refractivity (Wildman–Crippen MR) is 102 cm³/mol. The summed E-state index contributed by atoms with van der Waals surface area (Å²) in [4.78, 5) is 35.3. The minimum atomic E-state index is -0.429. The van der Waals surface area contributed by atoms with E-state index in [0.717, 1.165) is 0 Å². The molecular formula is C19H22FN3O3S. The third kappa shape index (κ3) is 6.82. The number of aryl methyl sites for hydroxylation is 1. The average molecular weight is 391 g/mol. The fourth-order valence-corrected chi connectivity index (χ4v) is 2.89.